The zero-order valence-electron chi connectivity index (χ0n) is 12.1. The van der Waals surface area contributed by atoms with Crippen molar-refractivity contribution in [3.05, 3.63) is 34.8 Å². The smallest absolute Gasteiger partial charge is 0.319 e. The van der Waals surface area contributed by atoms with Gasteiger partial charge in [-0.05, 0) is 30.0 Å². The number of hydrogen-bond acceptors (Lipinski definition) is 5. The fourth-order valence-corrected chi connectivity index (χ4v) is 2.35. The molecular formula is C14H19N5OS. The highest BCUT2D eigenvalue weighted by molar-refractivity contribution is 7.15. The maximum Gasteiger partial charge on any atom is 0.319 e. The van der Waals surface area contributed by atoms with E-state index in [2.05, 4.69) is 34.7 Å². The zero-order valence-corrected chi connectivity index (χ0v) is 12.9. The van der Waals surface area contributed by atoms with Crippen molar-refractivity contribution in [2.75, 3.05) is 11.1 Å². The van der Waals surface area contributed by atoms with E-state index in [-0.39, 0.29) is 6.03 Å². The number of amides is 2. The number of urea groups is 1. The van der Waals surface area contributed by atoms with Crippen LogP contribution in [0.4, 0.5) is 15.6 Å². The Bertz CT molecular complexity index is 596. The summed E-state index contributed by atoms with van der Waals surface area (Å²) in [7, 11) is 0. The fourth-order valence-electron chi connectivity index (χ4n) is 1.80. The summed E-state index contributed by atoms with van der Waals surface area (Å²) >= 11 is 1.26. The van der Waals surface area contributed by atoms with E-state index in [9.17, 15) is 4.79 Å². The first-order chi connectivity index (χ1) is 10.1. The van der Waals surface area contributed by atoms with Crippen molar-refractivity contribution in [2.45, 2.75) is 32.7 Å². The Morgan fingerprint density at radius 2 is 2.05 bits per heavy atom. The standard InChI is InChI=1S/C14H19N5OS/c1-3-9(2)10-4-6-11(7-5-10)17-14(20)16-8-12-18-19-13(15)21-12/h4-7,9H,3,8H2,1-2H3,(H2,15,19)(H2,16,17,20). The maximum atomic E-state index is 11.8. The minimum atomic E-state index is -0.278. The molecule has 0 saturated carbocycles. The van der Waals surface area contributed by atoms with E-state index in [1.54, 1.807) is 0 Å². The van der Waals surface area contributed by atoms with E-state index in [0.29, 0.717) is 22.6 Å². The first-order valence-corrected chi connectivity index (χ1v) is 7.62. The van der Waals surface area contributed by atoms with Gasteiger partial charge in [-0.2, -0.15) is 0 Å². The Balaban J connectivity index is 1.84. The number of hydrogen-bond donors (Lipinski definition) is 3. The number of carbonyl (C=O) groups is 1. The molecule has 1 aromatic carbocycles. The van der Waals surface area contributed by atoms with Crippen LogP contribution in [0.25, 0.3) is 0 Å². The van der Waals surface area contributed by atoms with Gasteiger partial charge in [0.25, 0.3) is 0 Å². The molecule has 112 valence electrons. The van der Waals surface area contributed by atoms with Gasteiger partial charge in [0.15, 0.2) is 0 Å². The van der Waals surface area contributed by atoms with Crippen molar-refractivity contribution in [1.29, 1.82) is 0 Å². The van der Waals surface area contributed by atoms with Crippen LogP contribution in [0, 0.1) is 0 Å². The van der Waals surface area contributed by atoms with Crippen molar-refractivity contribution < 1.29 is 4.79 Å². The van der Waals surface area contributed by atoms with E-state index >= 15 is 0 Å². The summed E-state index contributed by atoms with van der Waals surface area (Å²) in [6, 6.07) is 7.61. The molecule has 2 aromatic rings. The molecule has 2 rings (SSSR count). The van der Waals surface area contributed by atoms with Gasteiger partial charge in [-0.1, -0.05) is 37.3 Å². The molecular weight excluding hydrogens is 286 g/mol. The number of anilines is 2. The second-order valence-electron chi connectivity index (χ2n) is 4.77. The topological polar surface area (TPSA) is 92.9 Å². The lowest BCUT2D eigenvalue weighted by Gasteiger charge is -2.10. The molecule has 1 unspecified atom stereocenters. The summed E-state index contributed by atoms with van der Waals surface area (Å²) in [5, 5.41) is 14.1. The summed E-state index contributed by atoms with van der Waals surface area (Å²) in [6.45, 7) is 4.65. The number of benzene rings is 1. The van der Waals surface area contributed by atoms with Gasteiger partial charge in [-0.25, -0.2) is 4.79 Å². The quantitative estimate of drug-likeness (QED) is 0.791. The number of nitrogens with two attached hydrogens (primary N) is 1. The summed E-state index contributed by atoms with van der Waals surface area (Å²) in [6.07, 6.45) is 1.10. The number of aromatic nitrogens is 2. The predicted molar refractivity (Wildman–Crippen MR) is 85.3 cm³/mol. The summed E-state index contributed by atoms with van der Waals surface area (Å²) in [5.41, 5.74) is 7.51. The fraction of sp³-hybridized carbons (Fsp3) is 0.357. The molecule has 0 fully saturated rings. The van der Waals surface area contributed by atoms with Gasteiger partial charge in [0.1, 0.15) is 5.01 Å². The Morgan fingerprint density at radius 3 is 2.62 bits per heavy atom. The second-order valence-corrected chi connectivity index (χ2v) is 5.87. The van der Waals surface area contributed by atoms with Crippen LogP contribution in [-0.4, -0.2) is 16.2 Å². The van der Waals surface area contributed by atoms with Gasteiger partial charge in [-0.3, -0.25) is 0 Å². The molecule has 0 aliphatic rings. The maximum absolute atomic E-state index is 11.8. The van der Waals surface area contributed by atoms with Crippen LogP contribution < -0.4 is 16.4 Å². The Morgan fingerprint density at radius 1 is 1.33 bits per heavy atom. The molecule has 21 heavy (non-hydrogen) atoms. The summed E-state index contributed by atoms with van der Waals surface area (Å²) in [5.74, 6) is 0.524. The van der Waals surface area contributed by atoms with Crippen molar-refractivity contribution in [1.82, 2.24) is 15.5 Å². The largest absolute Gasteiger partial charge is 0.374 e. The third-order valence-corrected chi connectivity index (χ3v) is 3.99. The van der Waals surface area contributed by atoms with E-state index < -0.39 is 0 Å². The minimum Gasteiger partial charge on any atom is -0.374 e. The normalized spacial score (nSPS) is 11.9. The highest BCUT2D eigenvalue weighted by Gasteiger charge is 2.06. The van der Waals surface area contributed by atoms with E-state index in [1.807, 2.05) is 24.3 Å². The average molecular weight is 305 g/mol. The molecule has 4 N–H and O–H groups in total. The van der Waals surface area contributed by atoms with Crippen molar-refractivity contribution in [3.8, 4) is 0 Å². The third kappa shape index (κ3) is 4.42. The SMILES string of the molecule is CCC(C)c1ccc(NC(=O)NCc2nnc(N)s2)cc1. The highest BCUT2D eigenvalue weighted by Crippen LogP contribution is 2.20. The molecule has 0 bridgehead atoms. The van der Waals surface area contributed by atoms with Crippen LogP contribution in [0.1, 0.15) is 36.8 Å². The van der Waals surface area contributed by atoms with E-state index in [4.69, 9.17) is 5.73 Å². The second kappa shape index (κ2) is 7.03. The van der Waals surface area contributed by atoms with E-state index in [1.165, 1.54) is 16.9 Å². The van der Waals surface area contributed by atoms with Gasteiger partial charge < -0.3 is 16.4 Å². The molecule has 7 heteroatoms. The van der Waals surface area contributed by atoms with Crippen molar-refractivity contribution in [2.24, 2.45) is 0 Å². The molecule has 1 aromatic heterocycles. The van der Waals surface area contributed by atoms with Gasteiger partial charge in [0.2, 0.25) is 5.13 Å². The predicted octanol–water partition coefficient (Wildman–Crippen LogP) is 2.96. The average Bonchev–Trinajstić information content (AvgIpc) is 2.91. The molecule has 1 heterocycles. The summed E-state index contributed by atoms with van der Waals surface area (Å²) in [4.78, 5) is 11.8. The molecule has 0 aliphatic heterocycles. The Kier molecular flexibility index (Phi) is 5.10. The van der Waals surface area contributed by atoms with Crippen LogP contribution in [0.5, 0.6) is 0 Å². The third-order valence-electron chi connectivity index (χ3n) is 3.23. The molecule has 0 radical (unpaired) electrons. The monoisotopic (exact) mass is 305 g/mol. The molecule has 0 spiro atoms. The number of nitrogens with one attached hydrogen (secondary N) is 2. The molecule has 2 amide bonds. The Labute approximate surface area is 127 Å². The van der Waals surface area contributed by atoms with Gasteiger partial charge in [0.05, 0.1) is 6.54 Å². The Hall–Kier alpha value is -2.15. The molecule has 0 aliphatic carbocycles. The number of nitrogen functional groups attached to an aromatic ring is 1. The number of nitrogens with zero attached hydrogens (tertiary/aromatic N) is 2. The highest BCUT2D eigenvalue weighted by atomic mass is 32.1. The van der Waals surface area contributed by atoms with Crippen molar-refractivity contribution >= 4 is 28.2 Å². The molecule has 0 saturated heterocycles. The first-order valence-electron chi connectivity index (χ1n) is 6.81. The van der Waals surface area contributed by atoms with Crippen LogP contribution in [0.15, 0.2) is 24.3 Å². The summed E-state index contributed by atoms with van der Waals surface area (Å²) < 4.78 is 0. The first kappa shape index (κ1) is 15.2. The molecule has 1 atom stereocenters. The van der Waals surface area contributed by atoms with E-state index in [0.717, 1.165) is 12.1 Å². The van der Waals surface area contributed by atoms with Crippen LogP contribution >= 0.6 is 11.3 Å². The lowest BCUT2D eigenvalue weighted by molar-refractivity contribution is 0.251. The van der Waals surface area contributed by atoms with Crippen molar-refractivity contribution in [3.63, 3.8) is 0 Å². The van der Waals surface area contributed by atoms with Gasteiger partial charge in [-0.15, -0.1) is 10.2 Å². The molecule has 6 nitrogen and oxygen atoms in total. The number of carbonyl (C=O) groups excluding carboxylic acids is 1. The lowest BCUT2D eigenvalue weighted by Crippen LogP contribution is -2.28. The van der Waals surface area contributed by atoms with Crippen LogP contribution in [-0.2, 0) is 6.54 Å². The van der Waals surface area contributed by atoms with Crippen LogP contribution in [0.2, 0.25) is 0 Å². The lowest BCUT2D eigenvalue weighted by atomic mass is 9.99. The number of rotatable bonds is 5. The van der Waals surface area contributed by atoms with Gasteiger partial charge in [0, 0.05) is 5.69 Å². The van der Waals surface area contributed by atoms with Crippen LogP contribution in [0.3, 0.4) is 0 Å². The minimum absolute atomic E-state index is 0.278. The van der Waals surface area contributed by atoms with Gasteiger partial charge >= 0.3 is 6.03 Å². The zero-order chi connectivity index (χ0) is 15.2.